The Morgan fingerprint density at radius 3 is 2.87 bits per heavy atom. The second kappa shape index (κ2) is 3.87. The summed E-state index contributed by atoms with van der Waals surface area (Å²) in [5.74, 6) is 0.403. The zero-order valence-corrected chi connectivity index (χ0v) is 8.06. The van der Waals surface area contributed by atoms with Gasteiger partial charge in [-0.15, -0.1) is 10.2 Å². The van der Waals surface area contributed by atoms with E-state index < -0.39 is 0 Å². The number of hydrogen-bond donors (Lipinski definition) is 2. The highest BCUT2D eigenvalue weighted by Gasteiger charge is 2.06. The van der Waals surface area contributed by atoms with Crippen molar-refractivity contribution in [2.75, 3.05) is 12.4 Å². The predicted octanol–water partition coefficient (Wildman–Crippen LogP) is 0.776. The fraction of sp³-hybridized carbons (Fsp3) is 0.111. The van der Waals surface area contributed by atoms with Gasteiger partial charge in [0, 0.05) is 12.4 Å². The first kappa shape index (κ1) is 9.32. The lowest BCUT2D eigenvalue weighted by atomic mass is 10.2. The first-order valence-electron chi connectivity index (χ1n) is 4.38. The lowest BCUT2D eigenvalue weighted by Crippen LogP contribution is -2.25. The van der Waals surface area contributed by atoms with E-state index in [4.69, 9.17) is 0 Å². The largest absolute Gasteiger partial charge is 0.341 e. The molecule has 6 heteroatoms. The molecule has 0 fully saturated rings. The molecule has 15 heavy (non-hydrogen) atoms. The molecule has 0 bridgehead atoms. The fourth-order valence-corrected chi connectivity index (χ4v) is 1.19. The third-order valence-corrected chi connectivity index (χ3v) is 1.92. The molecule has 0 aliphatic rings. The summed E-state index contributed by atoms with van der Waals surface area (Å²) in [5, 5.41) is 16.9. The minimum absolute atomic E-state index is 0.333. The quantitative estimate of drug-likeness (QED) is 0.717. The highest BCUT2D eigenvalue weighted by Crippen LogP contribution is 2.16. The summed E-state index contributed by atoms with van der Waals surface area (Å²) in [6.45, 7) is 0. The van der Waals surface area contributed by atoms with Crippen LogP contribution in [0.1, 0.15) is 0 Å². The summed E-state index contributed by atoms with van der Waals surface area (Å²) in [5.41, 5.74) is 0.693. The Labute approximate surface area is 85.7 Å². The lowest BCUT2D eigenvalue weighted by molar-refractivity contribution is 0.254. The topological polar surface area (TPSA) is 79.8 Å². The van der Waals surface area contributed by atoms with E-state index in [0.717, 1.165) is 5.39 Å². The Kier molecular flexibility index (Phi) is 2.40. The van der Waals surface area contributed by atoms with Crippen LogP contribution in [0.2, 0.25) is 0 Å². The van der Waals surface area contributed by atoms with Crippen LogP contribution in [0.5, 0.6) is 0 Å². The molecular formula is C9H9N5O. The van der Waals surface area contributed by atoms with E-state index in [1.54, 1.807) is 6.07 Å². The summed E-state index contributed by atoms with van der Waals surface area (Å²) in [4.78, 5) is 11.1. The maximum Gasteiger partial charge on any atom is 0.320 e. The highest BCUT2D eigenvalue weighted by molar-refractivity contribution is 5.97. The second-order valence-corrected chi connectivity index (χ2v) is 2.86. The molecule has 2 rings (SSSR count). The van der Waals surface area contributed by atoms with Crippen molar-refractivity contribution >= 4 is 22.8 Å². The summed E-state index contributed by atoms with van der Waals surface area (Å²) >= 11 is 0. The molecule has 2 aromatic rings. The molecule has 2 N–H and O–H groups in total. The van der Waals surface area contributed by atoms with Crippen molar-refractivity contribution in [3.8, 4) is 0 Å². The Bertz CT molecular complexity index is 493. The number of carbonyl (C=O) groups is 1. The van der Waals surface area contributed by atoms with Gasteiger partial charge in [-0.2, -0.15) is 0 Å². The molecule has 0 unspecified atom stereocenters. The van der Waals surface area contributed by atoms with E-state index in [2.05, 4.69) is 26.0 Å². The average molecular weight is 203 g/mol. The van der Waals surface area contributed by atoms with Crippen LogP contribution in [-0.4, -0.2) is 28.5 Å². The van der Waals surface area contributed by atoms with Crippen molar-refractivity contribution in [3.63, 3.8) is 0 Å². The summed E-state index contributed by atoms with van der Waals surface area (Å²) in [6.07, 6.45) is 0. The Balaban J connectivity index is 2.46. The van der Waals surface area contributed by atoms with E-state index in [1.165, 1.54) is 7.05 Å². The Hall–Kier alpha value is -2.24. The van der Waals surface area contributed by atoms with Crippen molar-refractivity contribution in [3.05, 3.63) is 24.3 Å². The molecule has 1 aromatic heterocycles. The van der Waals surface area contributed by atoms with Gasteiger partial charge in [-0.1, -0.05) is 12.1 Å². The number of urea groups is 1. The van der Waals surface area contributed by atoms with Gasteiger partial charge in [0.1, 0.15) is 0 Å². The summed E-state index contributed by atoms with van der Waals surface area (Å²) < 4.78 is 0. The predicted molar refractivity (Wildman–Crippen MR) is 55.4 cm³/mol. The van der Waals surface area contributed by atoms with E-state index in [-0.39, 0.29) is 6.03 Å². The van der Waals surface area contributed by atoms with Gasteiger partial charge in [0.15, 0.2) is 5.82 Å². The van der Waals surface area contributed by atoms with E-state index in [9.17, 15) is 4.79 Å². The number of rotatable bonds is 1. The van der Waals surface area contributed by atoms with Crippen LogP contribution in [0, 0.1) is 0 Å². The molecule has 1 aromatic carbocycles. The van der Waals surface area contributed by atoms with Gasteiger partial charge >= 0.3 is 6.03 Å². The van der Waals surface area contributed by atoms with Gasteiger partial charge in [0.05, 0.1) is 5.52 Å². The zero-order valence-electron chi connectivity index (χ0n) is 8.06. The summed E-state index contributed by atoms with van der Waals surface area (Å²) in [6, 6.07) is 6.99. The minimum atomic E-state index is -0.333. The van der Waals surface area contributed by atoms with Crippen LogP contribution in [-0.2, 0) is 0 Å². The summed E-state index contributed by atoms with van der Waals surface area (Å²) in [7, 11) is 1.53. The average Bonchev–Trinajstić information content (AvgIpc) is 2.29. The monoisotopic (exact) mass is 203 g/mol. The van der Waals surface area contributed by atoms with Crippen molar-refractivity contribution in [1.29, 1.82) is 0 Å². The maximum absolute atomic E-state index is 11.1. The Morgan fingerprint density at radius 2 is 2.07 bits per heavy atom. The van der Waals surface area contributed by atoms with Gasteiger partial charge in [0.2, 0.25) is 0 Å². The SMILES string of the molecule is CNC(=O)Nc1nnnc2ccccc12. The van der Waals surface area contributed by atoms with Crippen molar-refractivity contribution in [1.82, 2.24) is 20.7 Å². The van der Waals surface area contributed by atoms with Crippen LogP contribution < -0.4 is 10.6 Å². The smallest absolute Gasteiger partial charge is 0.320 e. The molecule has 2 amide bonds. The van der Waals surface area contributed by atoms with Gasteiger partial charge in [-0.3, -0.25) is 5.32 Å². The number of nitrogens with one attached hydrogen (secondary N) is 2. The number of carbonyl (C=O) groups excluding carboxylic acids is 1. The normalized spacial score (nSPS) is 9.93. The molecule has 6 nitrogen and oxygen atoms in total. The van der Waals surface area contributed by atoms with Crippen LogP contribution >= 0.6 is 0 Å². The minimum Gasteiger partial charge on any atom is -0.341 e. The van der Waals surface area contributed by atoms with Gasteiger partial charge in [-0.05, 0) is 17.3 Å². The molecule has 0 spiro atoms. The molecule has 0 saturated heterocycles. The lowest BCUT2D eigenvalue weighted by Gasteiger charge is -2.04. The number of hydrogen-bond acceptors (Lipinski definition) is 4. The number of nitrogens with zero attached hydrogens (tertiary/aromatic N) is 3. The van der Waals surface area contributed by atoms with Crippen LogP contribution in [0.4, 0.5) is 10.6 Å². The number of fused-ring (bicyclic) bond motifs is 1. The fourth-order valence-electron chi connectivity index (χ4n) is 1.19. The first-order valence-corrected chi connectivity index (χ1v) is 4.38. The van der Waals surface area contributed by atoms with E-state index >= 15 is 0 Å². The van der Waals surface area contributed by atoms with Crippen LogP contribution in [0.15, 0.2) is 24.3 Å². The molecule has 1 heterocycles. The molecule has 0 aliphatic carbocycles. The first-order chi connectivity index (χ1) is 7.31. The van der Waals surface area contributed by atoms with Crippen LogP contribution in [0.25, 0.3) is 10.9 Å². The molecular weight excluding hydrogens is 194 g/mol. The molecule has 0 aliphatic heterocycles. The Morgan fingerprint density at radius 1 is 1.27 bits per heavy atom. The van der Waals surface area contributed by atoms with Crippen molar-refractivity contribution < 1.29 is 4.79 Å². The van der Waals surface area contributed by atoms with E-state index in [0.29, 0.717) is 11.3 Å². The second-order valence-electron chi connectivity index (χ2n) is 2.86. The molecule has 0 radical (unpaired) electrons. The van der Waals surface area contributed by atoms with Crippen molar-refractivity contribution in [2.24, 2.45) is 0 Å². The van der Waals surface area contributed by atoms with E-state index in [1.807, 2.05) is 18.2 Å². The maximum atomic E-state index is 11.1. The number of aromatic nitrogens is 3. The standard InChI is InChI=1S/C9H9N5O/c1-10-9(15)11-8-6-4-2-3-5-7(6)12-14-13-8/h2-5H,1H3,(H2,10,11,12,13,15). The van der Waals surface area contributed by atoms with Crippen LogP contribution in [0.3, 0.4) is 0 Å². The third-order valence-electron chi connectivity index (χ3n) is 1.92. The molecule has 0 saturated carbocycles. The zero-order chi connectivity index (χ0) is 10.7. The third kappa shape index (κ3) is 1.83. The van der Waals surface area contributed by atoms with Crippen molar-refractivity contribution in [2.45, 2.75) is 0 Å². The highest BCUT2D eigenvalue weighted by atomic mass is 16.2. The number of anilines is 1. The number of amides is 2. The van der Waals surface area contributed by atoms with Gasteiger partial charge < -0.3 is 5.32 Å². The van der Waals surface area contributed by atoms with Gasteiger partial charge in [-0.25, -0.2) is 4.79 Å². The number of benzene rings is 1. The molecule has 76 valence electrons. The van der Waals surface area contributed by atoms with Gasteiger partial charge in [0.25, 0.3) is 0 Å². The molecule has 0 atom stereocenters.